The molecule has 0 bridgehead atoms. The summed E-state index contributed by atoms with van der Waals surface area (Å²) in [6.07, 6.45) is 0.189. The van der Waals surface area contributed by atoms with E-state index < -0.39 is 5.82 Å². The summed E-state index contributed by atoms with van der Waals surface area (Å²) in [6, 6.07) is 4.56. The van der Waals surface area contributed by atoms with Gasteiger partial charge >= 0.3 is 0 Å². The second-order valence-electron chi connectivity index (χ2n) is 2.97. The van der Waals surface area contributed by atoms with Crippen molar-refractivity contribution in [3.63, 3.8) is 0 Å². The summed E-state index contributed by atoms with van der Waals surface area (Å²) in [5.74, 6) is -0.470. The summed E-state index contributed by atoms with van der Waals surface area (Å²) < 4.78 is 13.1. The molecule has 14 heavy (non-hydrogen) atoms. The Hall–Kier alpha value is -1.09. The molecular formula is C10H11ClFNO. The third kappa shape index (κ3) is 3.00. The number of halogens is 2. The van der Waals surface area contributed by atoms with Crippen molar-refractivity contribution in [1.82, 2.24) is 0 Å². The molecule has 0 aliphatic rings. The van der Waals surface area contributed by atoms with Crippen molar-refractivity contribution in [2.75, 3.05) is 11.2 Å². The van der Waals surface area contributed by atoms with Gasteiger partial charge in [0, 0.05) is 12.3 Å². The van der Waals surface area contributed by atoms with E-state index in [1.165, 1.54) is 6.07 Å². The minimum atomic E-state index is -0.432. The molecule has 0 saturated heterocycles. The van der Waals surface area contributed by atoms with E-state index in [0.29, 0.717) is 0 Å². The molecule has 1 amide bonds. The van der Waals surface area contributed by atoms with Crippen LogP contribution >= 0.6 is 11.6 Å². The van der Waals surface area contributed by atoms with Gasteiger partial charge in [0.2, 0.25) is 5.91 Å². The number of benzene rings is 1. The predicted molar refractivity (Wildman–Crippen MR) is 55.1 cm³/mol. The van der Waals surface area contributed by atoms with Gasteiger partial charge in [-0.05, 0) is 24.6 Å². The minimum absolute atomic E-state index is 0.189. The van der Waals surface area contributed by atoms with Crippen molar-refractivity contribution in [3.8, 4) is 0 Å². The number of hydrogen-bond donors (Lipinski definition) is 1. The second-order valence-corrected chi connectivity index (χ2v) is 3.35. The van der Waals surface area contributed by atoms with Crippen LogP contribution in [0, 0.1) is 12.7 Å². The van der Waals surface area contributed by atoms with E-state index in [1.54, 1.807) is 12.1 Å². The number of amides is 1. The Bertz CT molecular complexity index is 341. The molecule has 0 unspecified atom stereocenters. The summed E-state index contributed by atoms with van der Waals surface area (Å²) >= 11 is 5.38. The molecule has 1 aromatic carbocycles. The third-order valence-corrected chi connectivity index (χ3v) is 1.91. The van der Waals surface area contributed by atoms with Crippen LogP contribution in [-0.2, 0) is 4.79 Å². The molecule has 1 rings (SSSR count). The molecule has 0 saturated carbocycles. The summed E-state index contributed by atoms with van der Waals surface area (Å²) in [7, 11) is 0. The Kier molecular flexibility index (Phi) is 3.89. The average molecular weight is 216 g/mol. The van der Waals surface area contributed by atoms with Crippen LogP contribution in [0.1, 0.15) is 12.0 Å². The molecule has 2 nitrogen and oxygen atoms in total. The number of hydrogen-bond acceptors (Lipinski definition) is 1. The topological polar surface area (TPSA) is 29.1 Å². The largest absolute Gasteiger partial charge is 0.324 e. The number of anilines is 1. The smallest absolute Gasteiger partial charge is 0.225 e. The molecule has 0 radical (unpaired) electrons. The molecule has 4 heteroatoms. The van der Waals surface area contributed by atoms with Crippen molar-refractivity contribution < 1.29 is 9.18 Å². The highest BCUT2D eigenvalue weighted by Gasteiger charge is 2.05. The van der Waals surface area contributed by atoms with E-state index in [2.05, 4.69) is 5.32 Å². The first-order chi connectivity index (χ1) is 6.63. The van der Waals surface area contributed by atoms with Crippen LogP contribution in [0.15, 0.2) is 18.2 Å². The van der Waals surface area contributed by atoms with Gasteiger partial charge in [-0.2, -0.15) is 0 Å². The van der Waals surface area contributed by atoms with Crippen LogP contribution in [0.4, 0.5) is 10.1 Å². The van der Waals surface area contributed by atoms with Gasteiger partial charge in [-0.1, -0.05) is 6.07 Å². The van der Waals surface area contributed by atoms with Crippen LogP contribution in [-0.4, -0.2) is 11.8 Å². The number of carbonyl (C=O) groups is 1. The standard InChI is InChI=1S/C10H11ClFNO/c1-7-2-3-8(12)9(6-7)13-10(14)4-5-11/h2-3,6H,4-5H2,1H3,(H,13,14). The van der Waals surface area contributed by atoms with Gasteiger partial charge in [0.05, 0.1) is 5.69 Å². The van der Waals surface area contributed by atoms with E-state index in [9.17, 15) is 9.18 Å². The van der Waals surface area contributed by atoms with Crippen LogP contribution in [0.5, 0.6) is 0 Å². The van der Waals surface area contributed by atoms with Gasteiger partial charge < -0.3 is 5.32 Å². The number of carbonyl (C=O) groups excluding carboxylic acids is 1. The average Bonchev–Trinajstić information content (AvgIpc) is 2.12. The Morgan fingerprint density at radius 1 is 1.57 bits per heavy atom. The zero-order valence-electron chi connectivity index (χ0n) is 7.81. The molecule has 0 atom stereocenters. The molecule has 0 aliphatic carbocycles. The number of nitrogens with one attached hydrogen (secondary N) is 1. The predicted octanol–water partition coefficient (Wildman–Crippen LogP) is 2.70. The minimum Gasteiger partial charge on any atom is -0.324 e. The van der Waals surface area contributed by atoms with Gasteiger partial charge in [-0.3, -0.25) is 4.79 Å². The fourth-order valence-electron chi connectivity index (χ4n) is 1.03. The third-order valence-electron chi connectivity index (χ3n) is 1.72. The highest BCUT2D eigenvalue weighted by Crippen LogP contribution is 2.15. The Balaban J connectivity index is 2.75. The van der Waals surface area contributed by atoms with E-state index in [4.69, 9.17) is 11.6 Å². The summed E-state index contributed by atoms with van der Waals surface area (Å²) in [5.41, 5.74) is 1.10. The molecule has 76 valence electrons. The zero-order chi connectivity index (χ0) is 10.6. The van der Waals surface area contributed by atoms with Crippen molar-refractivity contribution >= 4 is 23.2 Å². The molecule has 0 fully saturated rings. The molecule has 0 heterocycles. The van der Waals surface area contributed by atoms with Crippen LogP contribution < -0.4 is 5.32 Å². The first-order valence-electron chi connectivity index (χ1n) is 4.25. The van der Waals surface area contributed by atoms with Gasteiger partial charge in [0.1, 0.15) is 5.82 Å². The van der Waals surface area contributed by atoms with Crippen LogP contribution in [0.2, 0.25) is 0 Å². The van der Waals surface area contributed by atoms with Gasteiger partial charge in [0.25, 0.3) is 0 Å². The monoisotopic (exact) mass is 215 g/mol. The maximum Gasteiger partial charge on any atom is 0.225 e. The van der Waals surface area contributed by atoms with Crippen LogP contribution in [0.3, 0.4) is 0 Å². The molecular weight excluding hydrogens is 205 g/mol. The van der Waals surface area contributed by atoms with Crippen molar-refractivity contribution in [3.05, 3.63) is 29.6 Å². The lowest BCUT2D eigenvalue weighted by Crippen LogP contribution is -2.12. The summed E-state index contributed by atoms with van der Waals surface area (Å²) in [6.45, 7) is 1.83. The maximum absolute atomic E-state index is 13.1. The fraction of sp³-hybridized carbons (Fsp3) is 0.300. The normalized spacial score (nSPS) is 9.93. The van der Waals surface area contributed by atoms with Gasteiger partial charge in [-0.15, -0.1) is 11.6 Å². The maximum atomic E-state index is 13.1. The lowest BCUT2D eigenvalue weighted by molar-refractivity contribution is -0.115. The lowest BCUT2D eigenvalue weighted by atomic mass is 10.2. The van der Waals surface area contributed by atoms with E-state index >= 15 is 0 Å². The molecule has 0 spiro atoms. The first-order valence-corrected chi connectivity index (χ1v) is 4.79. The first kappa shape index (κ1) is 11.0. The molecule has 0 aromatic heterocycles. The van der Waals surface area contributed by atoms with Crippen molar-refractivity contribution in [1.29, 1.82) is 0 Å². The summed E-state index contributed by atoms with van der Waals surface area (Å²) in [5, 5.41) is 2.45. The quantitative estimate of drug-likeness (QED) is 0.772. The van der Waals surface area contributed by atoms with Crippen LogP contribution in [0.25, 0.3) is 0 Å². The van der Waals surface area contributed by atoms with E-state index in [-0.39, 0.29) is 23.9 Å². The SMILES string of the molecule is Cc1ccc(F)c(NC(=O)CCCl)c1. The fourth-order valence-corrected chi connectivity index (χ4v) is 1.21. The Labute approximate surface area is 87.1 Å². The second kappa shape index (κ2) is 4.96. The summed E-state index contributed by atoms with van der Waals surface area (Å²) in [4.78, 5) is 11.1. The number of rotatable bonds is 3. The van der Waals surface area contributed by atoms with E-state index in [1.807, 2.05) is 6.92 Å². The molecule has 0 aliphatic heterocycles. The highest BCUT2D eigenvalue weighted by atomic mass is 35.5. The molecule has 1 aromatic rings. The lowest BCUT2D eigenvalue weighted by Gasteiger charge is -2.05. The highest BCUT2D eigenvalue weighted by molar-refractivity contribution is 6.19. The molecule has 1 N–H and O–H groups in total. The number of alkyl halides is 1. The van der Waals surface area contributed by atoms with Gasteiger partial charge in [-0.25, -0.2) is 4.39 Å². The Morgan fingerprint density at radius 2 is 2.29 bits per heavy atom. The zero-order valence-corrected chi connectivity index (χ0v) is 8.57. The number of aryl methyl sites for hydroxylation is 1. The van der Waals surface area contributed by atoms with Crippen molar-refractivity contribution in [2.45, 2.75) is 13.3 Å². The van der Waals surface area contributed by atoms with E-state index in [0.717, 1.165) is 5.56 Å². The van der Waals surface area contributed by atoms with Gasteiger partial charge in [0.15, 0.2) is 0 Å². The van der Waals surface area contributed by atoms with Crippen molar-refractivity contribution in [2.24, 2.45) is 0 Å². The Morgan fingerprint density at radius 3 is 2.93 bits per heavy atom.